The number of fused-ring (bicyclic) bond motifs is 5. The van der Waals surface area contributed by atoms with Crippen molar-refractivity contribution in [1.29, 1.82) is 0 Å². The van der Waals surface area contributed by atoms with Crippen LogP contribution >= 0.6 is 11.3 Å². The molecule has 4 heterocycles. The maximum atomic E-state index is 5.94. The predicted molar refractivity (Wildman–Crippen MR) is 97.0 cm³/mol. The first-order valence-electron chi connectivity index (χ1n) is 9.26. The molecule has 0 unspecified atom stereocenters. The summed E-state index contributed by atoms with van der Waals surface area (Å²) < 4.78 is 14.2. The van der Waals surface area contributed by atoms with Crippen molar-refractivity contribution in [2.24, 2.45) is 5.92 Å². The molecule has 2 fully saturated rings. The fourth-order valence-electron chi connectivity index (χ4n) is 4.49. The fourth-order valence-corrected chi connectivity index (χ4v) is 5.84. The number of rotatable bonds is 2. The van der Waals surface area contributed by atoms with Crippen molar-refractivity contribution in [2.45, 2.75) is 51.4 Å². The molecule has 6 heteroatoms. The van der Waals surface area contributed by atoms with E-state index in [4.69, 9.17) is 19.4 Å². The first-order chi connectivity index (χ1) is 12.2. The van der Waals surface area contributed by atoms with Crippen LogP contribution in [0.1, 0.15) is 35.4 Å². The second kappa shape index (κ2) is 5.02. The number of thiophene rings is 1. The van der Waals surface area contributed by atoms with Crippen molar-refractivity contribution in [3.05, 3.63) is 22.5 Å². The molecule has 1 saturated heterocycles. The zero-order chi connectivity index (χ0) is 16.6. The molecule has 25 heavy (non-hydrogen) atoms. The minimum absolute atomic E-state index is 0.382. The molecule has 3 aromatic heterocycles. The predicted octanol–water partition coefficient (Wildman–Crippen LogP) is 3.60. The molecule has 3 aliphatic rings. The molecular formula is C19H21N3O2S. The molecule has 5 nitrogen and oxygen atoms in total. The number of hydrogen-bond acceptors (Lipinski definition) is 5. The van der Waals surface area contributed by atoms with Gasteiger partial charge in [-0.15, -0.1) is 11.3 Å². The highest BCUT2D eigenvalue weighted by atomic mass is 32.1. The van der Waals surface area contributed by atoms with Crippen molar-refractivity contribution < 1.29 is 9.47 Å². The molecule has 3 aromatic rings. The van der Waals surface area contributed by atoms with Crippen LogP contribution in [-0.2, 0) is 28.9 Å². The Hall–Kier alpha value is -1.50. The third-order valence-corrected chi connectivity index (χ3v) is 7.04. The van der Waals surface area contributed by atoms with Gasteiger partial charge in [0.2, 0.25) is 0 Å². The number of aryl methyl sites for hydroxylation is 2. The van der Waals surface area contributed by atoms with E-state index in [0.717, 1.165) is 47.8 Å². The van der Waals surface area contributed by atoms with E-state index in [9.17, 15) is 0 Å². The van der Waals surface area contributed by atoms with Gasteiger partial charge in [0.1, 0.15) is 10.3 Å². The third-order valence-electron chi connectivity index (χ3n) is 5.91. The average molecular weight is 355 g/mol. The highest BCUT2D eigenvalue weighted by Crippen LogP contribution is 2.44. The summed E-state index contributed by atoms with van der Waals surface area (Å²) in [5.74, 6) is 0.452. The van der Waals surface area contributed by atoms with E-state index in [1.807, 2.05) is 6.33 Å². The Morgan fingerprint density at radius 2 is 2.16 bits per heavy atom. The van der Waals surface area contributed by atoms with Gasteiger partial charge in [0.25, 0.3) is 0 Å². The minimum Gasteiger partial charge on any atom is -0.347 e. The van der Waals surface area contributed by atoms with Crippen LogP contribution in [0.25, 0.3) is 21.3 Å². The smallest absolute Gasteiger partial charge is 0.173 e. The van der Waals surface area contributed by atoms with Crippen molar-refractivity contribution in [3.8, 4) is 0 Å². The molecular weight excluding hydrogens is 334 g/mol. The Labute approximate surface area is 150 Å². The maximum Gasteiger partial charge on any atom is 0.173 e. The van der Waals surface area contributed by atoms with Crippen LogP contribution in [0.2, 0.25) is 0 Å². The van der Waals surface area contributed by atoms with Gasteiger partial charge in [0.05, 0.1) is 30.8 Å². The second-order valence-electron chi connectivity index (χ2n) is 7.70. The number of aromatic nitrogens is 3. The summed E-state index contributed by atoms with van der Waals surface area (Å²) in [6.45, 7) is 4.64. The molecule has 2 aliphatic carbocycles. The molecule has 0 radical (unpaired) electrons. The van der Waals surface area contributed by atoms with E-state index < -0.39 is 0 Å². The van der Waals surface area contributed by atoms with Gasteiger partial charge < -0.3 is 14.0 Å². The van der Waals surface area contributed by atoms with E-state index in [-0.39, 0.29) is 5.79 Å². The van der Waals surface area contributed by atoms with Gasteiger partial charge in [0, 0.05) is 29.6 Å². The van der Waals surface area contributed by atoms with Crippen LogP contribution < -0.4 is 0 Å². The number of hydrogen-bond donors (Lipinski definition) is 0. The SMILES string of the molecule is Cc1nc2sc3c(c2c2ncn(CC4CC4)c12)CCC1(C3)OCCO1. The number of nitrogens with zero attached hydrogens (tertiary/aromatic N) is 3. The first kappa shape index (κ1) is 14.6. The topological polar surface area (TPSA) is 49.2 Å². The Balaban J connectivity index is 1.53. The monoisotopic (exact) mass is 355 g/mol. The molecule has 1 spiro atoms. The quantitative estimate of drug-likeness (QED) is 0.705. The zero-order valence-electron chi connectivity index (χ0n) is 14.4. The van der Waals surface area contributed by atoms with Crippen LogP contribution in [-0.4, -0.2) is 33.5 Å². The van der Waals surface area contributed by atoms with E-state index >= 15 is 0 Å². The molecule has 0 amide bonds. The van der Waals surface area contributed by atoms with Gasteiger partial charge in [-0.05, 0) is 37.7 Å². The summed E-state index contributed by atoms with van der Waals surface area (Å²) >= 11 is 1.80. The van der Waals surface area contributed by atoms with Crippen LogP contribution in [0.3, 0.4) is 0 Å². The highest BCUT2D eigenvalue weighted by molar-refractivity contribution is 7.19. The molecule has 0 aromatic carbocycles. The summed E-state index contributed by atoms with van der Waals surface area (Å²) in [7, 11) is 0. The molecule has 130 valence electrons. The normalized spacial score (nSPS) is 22.3. The lowest BCUT2D eigenvalue weighted by Gasteiger charge is -2.31. The van der Waals surface area contributed by atoms with Crippen LogP contribution in [0, 0.1) is 12.8 Å². The lowest BCUT2D eigenvalue weighted by Crippen LogP contribution is -2.36. The molecule has 0 bridgehead atoms. The van der Waals surface area contributed by atoms with Crippen LogP contribution in [0.5, 0.6) is 0 Å². The maximum absolute atomic E-state index is 5.94. The molecule has 0 N–H and O–H groups in total. The van der Waals surface area contributed by atoms with Crippen molar-refractivity contribution in [3.63, 3.8) is 0 Å². The standard InChI is InChI=1S/C19H21N3O2S/c1-11-17-16(20-10-22(17)9-12-2-3-12)15-13-4-5-19(23-6-7-24-19)8-14(13)25-18(15)21-11/h10,12H,2-9H2,1H3. The number of ether oxygens (including phenoxy) is 2. The zero-order valence-corrected chi connectivity index (χ0v) is 15.2. The van der Waals surface area contributed by atoms with Crippen molar-refractivity contribution >= 4 is 32.6 Å². The molecule has 1 saturated carbocycles. The Kier molecular flexibility index (Phi) is 2.94. The van der Waals surface area contributed by atoms with Gasteiger partial charge in [-0.1, -0.05) is 0 Å². The lowest BCUT2D eigenvalue weighted by molar-refractivity contribution is -0.163. The summed E-state index contributed by atoms with van der Waals surface area (Å²) in [5, 5.41) is 1.28. The van der Waals surface area contributed by atoms with Gasteiger partial charge in [-0.2, -0.15) is 0 Å². The number of pyridine rings is 1. The summed E-state index contributed by atoms with van der Waals surface area (Å²) in [6.07, 6.45) is 7.50. The highest BCUT2D eigenvalue weighted by Gasteiger charge is 2.41. The Morgan fingerprint density at radius 1 is 1.32 bits per heavy atom. The second-order valence-corrected chi connectivity index (χ2v) is 8.79. The summed E-state index contributed by atoms with van der Waals surface area (Å²) in [6, 6.07) is 0. The van der Waals surface area contributed by atoms with Gasteiger partial charge in [-0.25, -0.2) is 9.97 Å². The van der Waals surface area contributed by atoms with E-state index in [0.29, 0.717) is 13.2 Å². The van der Waals surface area contributed by atoms with Crippen molar-refractivity contribution in [1.82, 2.24) is 14.5 Å². The third kappa shape index (κ3) is 2.14. The van der Waals surface area contributed by atoms with Crippen molar-refractivity contribution in [2.75, 3.05) is 13.2 Å². The van der Waals surface area contributed by atoms with Crippen LogP contribution in [0.4, 0.5) is 0 Å². The summed E-state index contributed by atoms with van der Waals surface area (Å²) in [5.41, 5.74) is 4.90. The van der Waals surface area contributed by atoms with E-state index in [2.05, 4.69) is 11.5 Å². The number of imidazole rings is 1. The van der Waals surface area contributed by atoms with Crippen LogP contribution in [0.15, 0.2) is 6.33 Å². The Bertz CT molecular complexity index is 995. The fraction of sp³-hybridized carbons (Fsp3) is 0.579. The summed E-state index contributed by atoms with van der Waals surface area (Å²) in [4.78, 5) is 12.3. The van der Waals surface area contributed by atoms with E-state index in [1.165, 1.54) is 34.2 Å². The minimum atomic E-state index is -0.382. The van der Waals surface area contributed by atoms with Gasteiger partial charge in [0.15, 0.2) is 5.79 Å². The molecule has 6 rings (SSSR count). The largest absolute Gasteiger partial charge is 0.347 e. The lowest BCUT2D eigenvalue weighted by atomic mass is 9.91. The van der Waals surface area contributed by atoms with E-state index in [1.54, 1.807) is 11.3 Å². The van der Waals surface area contributed by atoms with Gasteiger partial charge in [-0.3, -0.25) is 0 Å². The Morgan fingerprint density at radius 3 is 2.96 bits per heavy atom. The van der Waals surface area contributed by atoms with Gasteiger partial charge >= 0.3 is 0 Å². The molecule has 0 atom stereocenters. The molecule has 1 aliphatic heterocycles. The average Bonchev–Trinajstić information content (AvgIpc) is 3.00. The first-order valence-corrected chi connectivity index (χ1v) is 10.1.